The summed E-state index contributed by atoms with van der Waals surface area (Å²) < 4.78 is 5.61. The Kier molecular flexibility index (Phi) is 4.99. The van der Waals surface area contributed by atoms with Crippen LogP contribution in [0.2, 0.25) is 0 Å². The summed E-state index contributed by atoms with van der Waals surface area (Å²) in [4.78, 5) is 25.2. The standard InChI is InChI=1S/C16H19N3O3/c1-11(22-14-4-2-12(10-17)3-5-14)16(21)19-8-6-13(7-9-19)15(18)20/h2-5,11,13H,6-9H2,1H3,(H2,18,20)/t11-/m1/s1. The summed E-state index contributed by atoms with van der Waals surface area (Å²) in [5, 5.41) is 8.74. The third kappa shape index (κ3) is 3.76. The van der Waals surface area contributed by atoms with Gasteiger partial charge in [0, 0.05) is 19.0 Å². The van der Waals surface area contributed by atoms with Crippen LogP contribution < -0.4 is 10.5 Å². The number of carbonyl (C=O) groups excluding carboxylic acids is 2. The zero-order chi connectivity index (χ0) is 16.1. The zero-order valence-electron chi connectivity index (χ0n) is 12.5. The van der Waals surface area contributed by atoms with E-state index in [1.165, 1.54) is 0 Å². The highest BCUT2D eigenvalue weighted by molar-refractivity contribution is 5.82. The molecular weight excluding hydrogens is 282 g/mol. The van der Waals surface area contributed by atoms with E-state index in [-0.39, 0.29) is 17.7 Å². The quantitative estimate of drug-likeness (QED) is 0.899. The second kappa shape index (κ2) is 6.94. The number of carbonyl (C=O) groups is 2. The molecule has 2 N–H and O–H groups in total. The number of ether oxygens (including phenoxy) is 1. The summed E-state index contributed by atoms with van der Waals surface area (Å²) in [6, 6.07) is 8.65. The van der Waals surface area contributed by atoms with Gasteiger partial charge < -0.3 is 15.4 Å². The van der Waals surface area contributed by atoms with Crippen molar-refractivity contribution in [3.8, 4) is 11.8 Å². The number of rotatable bonds is 4. The van der Waals surface area contributed by atoms with Crippen LogP contribution in [-0.2, 0) is 9.59 Å². The fraction of sp³-hybridized carbons (Fsp3) is 0.438. The molecule has 116 valence electrons. The molecule has 1 aromatic rings. The average Bonchev–Trinajstić information content (AvgIpc) is 2.55. The fourth-order valence-corrected chi connectivity index (χ4v) is 2.50. The number of benzene rings is 1. The average molecular weight is 301 g/mol. The lowest BCUT2D eigenvalue weighted by molar-refractivity contribution is -0.140. The van der Waals surface area contributed by atoms with Crippen molar-refractivity contribution >= 4 is 11.8 Å². The number of nitrogens with zero attached hydrogens (tertiary/aromatic N) is 2. The van der Waals surface area contributed by atoms with E-state index in [4.69, 9.17) is 15.7 Å². The number of nitrogens with two attached hydrogens (primary N) is 1. The molecule has 0 saturated carbocycles. The summed E-state index contributed by atoms with van der Waals surface area (Å²) in [6.07, 6.45) is 0.591. The molecule has 0 unspecified atom stereocenters. The molecule has 0 bridgehead atoms. The highest BCUT2D eigenvalue weighted by atomic mass is 16.5. The van der Waals surface area contributed by atoms with Gasteiger partial charge in [0.15, 0.2) is 6.10 Å². The van der Waals surface area contributed by atoms with Crippen LogP contribution in [0.4, 0.5) is 0 Å². The molecule has 0 aliphatic carbocycles. The Bertz CT molecular complexity index is 584. The summed E-state index contributed by atoms with van der Waals surface area (Å²) in [6.45, 7) is 2.74. The Balaban J connectivity index is 1.89. The van der Waals surface area contributed by atoms with Crippen LogP contribution in [0.15, 0.2) is 24.3 Å². The van der Waals surface area contributed by atoms with Gasteiger partial charge in [0.25, 0.3) is 5.91 Å². The molecule has 1 heterocycles. The van der Waals surface area contributed by atoms with Crippen molar-refractivity contribution in [1.82, 2.24) is 4.90 Å². The molecule has 2 rings (SSSR count). The highest BCUT2D eigenvalue weighted by Gasteiger charge is 2.28. The van der Waals surface area contributed by atoms with Gasteiger partial charge in [-0.05, 0) is 44.0 Å². The summed E-state index contributed by atoms with van der Waals surface area (Å²) in [5.41, 5.74) is 5.83. The first kappa shape index (κ1) is 15.8. The maximum absolute atomic E-state index is 12.3. The van der Waals surface area contributed by atoms with Gasteiger partial charge in [0.1, 0.15) is 5.75 Å². The number of piperidine rings is 1. The number of hydrogen-bond acceptors (Lipinski definition) is 4. The molecule has 1 atom stereocenters. The number of amides is 2. The van der Waals surface area contributed by atoms with E-state index in [9.17, 15) is 9.59 Å². The molecule has 0 spiro atoms. The normalized spacial score (nSPS) is 16.6. The molecule has 1 aliphatic rings. The lowest BCUT2D eigenvalue weighted by atomic mass is 9.96. The Hall–Kier alpha value is -2.55. The molecule has 1 aromatic carbocycles. The van der Waals surface area contributed by atoms with E-state index in [0.717, 1.165) is 0 Å². The monoisotopic (exact) mass is 301 g/mol. The highest BCUT2D eigenvalue weighted by Crippen LogP contribution is 2.19. The number of likely N-dealkylation sites (tertiary alicyclic amines) is 1. The van der Waals surface area contributed by atoms with Gasteiger partial charge >= 0.3 is 0 Å². The number of nitriles is 1. The van der Waals surface area contributed by atoms with Crippen LogP contribution in [0, 0.1) is 17.2 Å². The smallest absolute Gasteiger partial charge is 0.263 e. The predicted molar refractivity (Wildman–Crippen MR) is 79.7 cm³/mol. The Morgan fingerprint density at radius 2 is 1.91 bits per heavy atom. The van der Waals surface area contributed by atoms with Crippen molar-refractivity contribution in [2.45, 2.75) is 25.9 Å². The van der Waals surface area contributed by atoms with Crippen LogP contribution in [0.1, 0.15) is 25.3 Å². The van der Waals surface area contributed by atoms with Gasteiger partial charge in [0.2, 0.25) is 5.91 Å². The third-order valence-corrected chi connectivity index (χ3v) is 3.85. The lowest BCUT2D eigenvalue weighted by Gasteiger charge is -2.32. The van der Waals surface area contributed by atoms with E-state index in [0.29, 0.717) is 37.2 Å². The minimum atomic E-state index is -0.613. The first-order valence-corrected chi connectivity index (χ1v) is 7.26. The molecule has 0 aromatic heterocycles. The van der Waals surface area contributed by atoms with Crippen LogP contribution in [0.25, 0.3) is 0 Å². The second-order valence-corrected chi connectivity index (χ2v) is 5.40. The molecule has 1 aliphatic heterocycles. The van der Waals surface area contributed by atoms with Crippen molar-refractivity contribution in [1.29, 1.82) is 5.26 Å². The van der Waals surface area contributed by atoms with Crippen LogP contribution in [0.3, 0.4) is 0 Å². The Morgan fingerprint density at radius 3 is 2.41 bits per heavy atom. The van der Waals surface area contributed by atoms with Crippen molar-refractivity contribution in [3.63, 3.8) is 0 Å². The minimum Gasteiger partial charge on any atom is -0.481 e. The van der Waals surface area contributed by atoms with Crippen LogP contribution in [-0.4, -0.2) is 35.9 Å². The summed E-state index contributed by atoms with van der Waals surface area (Å²) in [7, 11) is 0. The molecule has 2 amide bonds. The maximum Gasteiger partial charge on any atom is 0.263 e. The Labute approximate surface area is 129 Å². The largest absolute Gasteiger partial charge is 0.481 e. The van der Waals surface area contributed by atoms with E-state index < -0.39 is 6.10 Å². The van der Waals surface area contributed by atoms with Crippen molar-refractivity contribution in [3.05, 3.63) is 29.8 Å². The maximum atomic E-state index is 12.3. The van der Waals surface area contributed by atoms with Crippen molar-refractivity contribution in [2.24, 2.45) is 11.7 Å². The number of primary amides is 1. The molecular formula is C16H19N3O3. The molecule has 22 heavy (non-hydrogen) atoms. The van der Waals surface area contributed by atoms with E-state index in [2.05, 4.69) is 0 Å². The molecule has 1 fully saturated rings. The van der Waals surface area contributed by atoms with Gasteiger partial charge in [-0.15, -0.1) is 0 Å². The molecule has 1 saturated heterocycles. The van der Waals surface area contributed by atoms with Crippen molar-refractivity contribution < 1.29 is 14.3 Å². The van der Waals surface area contributed by atoms with Gasteiger partial charge in [-0.3, -0.25) is 9.59 Å². The van der Waals surface area contributed by atoms with E-state index in [1.54, 1.807) is 36.1 Å². The van der Waals surface area contributed by atoms with Gasteiger partial charge in [-0.1, -0.05) is 0 Å². The summed E-state index contributed by atoms with van der Waals surface area (Å²) >= 11 is 0. The minimum absolute atomic E-state index is 0.104. The van der Waals surface area contributed by atoms with E-state index >= 15 is 0 Å². The summed E-state index contributed by atoms with van der Waals surface area (Å²) in [5.74, 6) is 0.00642. The molecule has 0 radical (unpaired) electrons. The first-order chi connectivity index (χ1) is 10.5. The predicted octanol–water partition coefficient (Wildman–Crippen LogP) is 1.05. The van der Waals surface area contributed by atoms with Gasteiger partial charge in [-0.2, -0.15) is 5.26 Å². The molecule has 6 nitrogen and oxygen atoms in total. The lowest BCUT2D eigenvalue weighted by Crippen LogP contribution is -2.46. The van der Waals surface area contributed by atoms with E-state index in [1.807, 2.05) is 6.07 Å². The first-order valence-electron chi connectivity index (χ1n) is 7.26. The topological polar surface area (TPSA) is 96.4 Å². The fourth-order valence-electron chi connectivity index (χ4n) is 2.50. The van der Waals surface area contributed by atoms with Crippen LogP contribution >= 0.6 is 0 Å². The second-order valence-electron chi connectivity index (χ2n) is 5.40. The zero-order valence-corrected chi connectivity index (χ0v) is 12.5. The van der Waals surface area contributed by atoms with Gasteiger partial charge in [0.05, 0.1) is 11.6 Å². The van der Waals surface area contributed by atoms with Gasteiger partial charge in [-0.25, -0.2) is 0 Å². The Morgan fingerprint density at radius 1 is 1.32 bits per heavy atom. The third-order valence-electron chi connectivity index (χ3n) is 3.85. The van der Waals surface area contributed by atoms with Crippen molar-refractivity contribution in [2.75, 3.05) is 13.1 Å². The van der Waals surface area contributed by atoms with Crippen LogP contribution in [0.5, 0.6) is 5.75 Å². The SMILES string of the molecule is C[C@@H](Oc1ccc(C#N)cc1)C(=O)N1CCC(C(N)=O)CC1. The molecule has 6 heteroatoms. The number of hydrogen-bond donors (Lipinski definition) is 1.